The number of anilines is 1. The molecular weight excluding hydrogens is 328 g/mol. The summed E-state index contributed by atoms with van der Waals surface area (Å²) in [5.41, 5.74) is 10.0. The minimum absolute atomic E-state index is 0.0428. The van der Waals surface area contributed by atoms with E-state index in [0.29, 0.717) is 23.7 Å². The second-order valence-corrected chi connectivity index (χ2v) is 6.69. The summed E-state index contributed by atoms with van der Waals surface area (Å²) in [5.74, 6) is 0.299. The quantitative estimate of drug-likeness (QED) is 0.494. The third-order valence-electron chi connectivity index (χ3n) is 5.04. The fraction of sp³-hybridized carbons (Fsp3) is 0.211. The second kappa shape index (κ2) is 5.67. The second-order valence-electron chi connectivity index (χ2n) is 6.69. The molecule has 1 unspecified atom stereocenters. The van der Waals surface area contributed by atoms with Crippen molar-refractivity contribution in [1.82, 2.24) is 24.7 Å². The molecule has 1 atom stereocenters. The number of carbonyl (C=O) groups is 1. The highest BCUT2D eigenvalue weighted by Gasteiger charge is 2.28. The zero-order valence-electron chi connectivity index (χ0n) is 14.1. The topological polar surface area (TPSA) is 101 Å². The Kier molecular flexibility index (Phi) is 3.29. The Labute approximate surface area is 149 Å². The fourth-order valence-corrected chi connectivity index (χ4v) is 3.65. The van der Waals surface area contributed by atoms with Crippen molar-refractivity contribution in [1.29, 1.82) is 0 Å². The third kappa shape index (κ3) is 2.28. The molecule has 1 fully saturated rings. The number of carbonyl (C=O) groups excluding carboxylic acids is 1. The van der Waals surface area contributed by atoms with E-state index >= 15 is 0 Å². The Bertz CT molecular complexity index is 1140. The van der Waals surface area contributed by atoms with Crippen molar-refractivity contribution in [2.75, 3.05) is 18.8 Å². The molecule has 5 heterocycles. The van der Waals surface area contributed by atoms with Gasteiger partial charge in [0, 0.05) is 47.6 Å². The highest BCUT2D eigenvalue weighted by molar-refractivity contribution is 6.01. The number of hydrogen-bond acceptors (Lipinski definition) is 5. The Morgan fingerprint density at radius 3 is 3.04 bits per heavy atom. The summed E-state index contributed by atoms with van der Waals surface area (Å²) in [7, 11) is 0. The standard InChI is InChI=1S/C19H18N6O/c20-18-16(17(26)12-3-5-21-8-12)25-10-13(1-2-15(25)24-18)14-7-11-4-6-22-19(11)23-9-14/h1-2,4,6-7,9-10,12,21H,3,5,8,20H2,(H,22,23). The summed E-state index contributed by atoms with van der Waals surface area (Å²) in [6.45, 7) is 1.56. The molecular formula is C19H18N6O. The van der Waals surface area contributed by atoms with Crippen LogP contribution in [0.5, 0.6) is 0 Å². The third-order valence-corrected chi connectivity index (χ3v) is 5.04. The Balaban J connectivity index is 1.64. The van der Waals surface area contributed by atoms with Gasteiger partial charge in [0.05, 0.1) is 0 Å². The van der Waals surface area contributed by atoms with Gasteiger partial charge in [-0.1, -0.05) is 0 Å². The number of nitrogen functional groups attached to an aromatic ring is 1. The number of rotatable bonds is 3. The van der Waals surface area contributed by atoms with Gasteiger partial charge in [0.1, 0.15) is 17.0 Å². The van der Waals surface area contributed by atoms with Gasteiger partial charge in [-0.2, -0.15) is 0 Å². The number of hydrogen-bond donors (Lipinski definition) is 3. The number of ketones is 1. The van der Waals surface area contributed by atoms with E-state index in [0.717, 1.165) is 35.1 Å². The molecule has 0 amide bonds. The van der Waals surface area contributed by atoms with Crippen LogP contribution < -0.4 is 11.1 Å². The van der Waals surface area contributed by atoms with Gasteiger partial charge in [0.25, 0.3) is 0 Å². The Morgan fingerprint density at radius 1 is 1.27 bits per heavy atom. The number of H-pyrrole nitrogens is 1. The van der Waals surface area contributed by atoms with E-state index in [2.05, 4.69) is 26.3 Å². The number of imidazole rings is 1. The smallest absolute Gasteiger partial charge is 0.187 e. The molecule has 4 aromatic heterocycles. The normalized spacial score (nSPS) is 17.3. The molecule has 0 aromatic carbocycles. The van der Waals surface area contributed by atoms with E-state index in [1.54, 1.807) is 0 Å². The number of nitrogens with two attached hydrogens (primary N) is 1. The fourth-order valence-electron chi connectivity index (χ4n) is 3.65. The number of fused-ring (bicyclic) bond motifs is 2. The van der Waals surface area contributed by atoms with Crippen LogP contribution >= 0.6 is 0 Å². The van der Waals surface area contributed by atoms with Crippen molar-refractivity contribution in [3.05, 3.63) is 48.5 Å². The number of nitrogens with one attached hydrogen (secondary N) is 2. The van der Waals surface area contributed by atoms with E-state index in [1.165, 1.54) is 0 Å². The van der Waals surface area contributed by atoms with Gasteiger partial charge in [-0.15, -0.1) is 0 Å². The molecule has 0 aliphatic carbocycles. The van der Waals surface area contributed by atoms with Crippen LogP contribution in [0.15, 0.2) is 42.9 Å². The summed E-state index contributed by atoms with van der Waals surface area (Å²) in [6, 6.07) is 7.92. The van der Waals surface area contributed by atoms with Crippen LogP contribution in [0.2, 0.25) is 0 Å². The predicted octanol–water partition coefficient (Wildman–Crippen LogP) is 2.25. The van der Waals surface area contributed by atoms with Gasteiger partial charge in [0.2, 0.25) is 0 Å². The maximum Gasteiger partial charge on any atom is 0.187 e. The summed E-state index contributed by atoms with van der Waals surface area (Å²) in [5, 5.41) is 4.27. The van der Waals surface area contributed by atoms with E-state index in [-0.39, 0.29) is 11.7 Å². The molecule has 1 saturated heterocycles. The van der Waals surface area contributed by atoms with Gasteiger partial charge >= 0.3 is 0 Å². The SMILES string of the molecule is Nc1nc2ccc(-c3cnc4[nH]ccc4c3)cn2c1C(=O)C1CCNC1. The first-order valence-electron chi connectivity index (χ1n) is 8.67. The van der Waals surface area contributed by atoms with Crippen LogP contribution in [0.25, 0.3) is 27.8 Å². The number of pyridine rings is 2. The van der Waals surface area contributed by atoms with Crippen molar-refractivity contribution in [2.24, 2.45) is 5.92 Å². The predicted molar refractivity (Wildman–Crippen MR) is 100.0 cm³/mol. The lowest BCUT2D eigenvalue weighted by molar-refractivity contribution is 0.0925. The summed E-state index contributed by atoms with van der Waals surface area (Å²) in [6.07, 6.45) is 6.44. The van der Waals surface area contributed by atoms with Crippen LogP contribution in [0, 0.1) is 5.92 Å². The lowest BCUT2D eigenvalue weighted by Gasteiger charge is -2.09. The minimum Gasteiger partial charge on any atom is -0.382 e. The lowest BCUT2D eigenvalue weighted by Crippen LogP contribution is -2.20. The molecule has 0 radical (unpaired) electrons. The van der Waals surface area contributed by atoms with E-state index < -0.39 is 0 Å². The Hall–Kier alpha value is -3.19. The molecule has 1 aliphatic rings. The van der Waals surface area contributed by atoms with Gasteiger partial charge in [-0.25, -0.2) is 9.97 Å². The van der Waals surface area contributed by atoms with Crippen molar-refractivity contribution < 1.29 is 4.79 Å². The van der Waals surface area contributed by atoms with Gasteiger partial charge in [0.15, 0.2) is 11.6 Å². The maximum absolute atomic E-state index is 12.9. The first-order chi connectivity index (χ1) is 12.7. The van der Waals surface area contributed by atoms with E-state index in [4.69, 9.17) is 5.73 Å². The molecule has 130 valence electrons. The molecule has 0 saturated carbocycles. The van der Waals surface area contributed by atoms with Crippen LogP contribution in [0.4, 0.5) is 5.82 Å². The summed E-state index contributed by atoms with van der Waals surface area (Å²) >= 11 is 0. The zero-order chi connectivity index (χ0) is 17.7. The molecule has 5 rings (SSSR count). The molecule has 0 spiro atoms. The molecule has 7 nitrogen and oxygen atoms in total. The average molecular weight is 346 g/mol. The van der Waals surface area contributed by atoms with Gasteiger partial charge in [-0.05, 0) is 37.2 Å². The zero-order valence-corrected chi connectivity index (χ0v) is 14.1. The first kappa shape index (κ1) is 15.1. The highest BCUT2D eigenvalue weighted by Crippen LogP contribution is 2.26. The molecule has 4 aromatic rings. The van der Waals surface area contributed by atoms with E-state index in [1.807, 2.05) is 41.2 Å². The molecule has 7 heteroatoms. The van der Waals surface area contributed by atoms with Crippen molar-refractivity contribution in [3.63, 3.8) is 0 Å². The van der Waals surface area contributed by atoms with Crippen LogP contribution in [0.3, 0.4) is 0 Å². The van der Waals surface area contributed by atoms with Crippen LogP contribution in [-0.2, 0) is 0 Å². The monoisotopic (exact) mass is 346 g/mol. The number of aromatic amines is 1. The first-order valence-corrected chi connectivity index (χ1v) is 8.67. The summed E-state index contributed by atoms with van der Waals surface area (Å²) < 4.78 is 1.81. The molecule has 1 aliphatic heterocycles. The average Bonchev–Trinajstić information content (AvgIpc) is 3.39. The number of Topliss-reactive ketones (excluding diaryl/α,β-unsaturated/α-hetero) is 1. The molecule has 26 heavy (non-hydrogen) atoms. The highest BCUT2D eigenvalue weighted by atomic mass is 16.1. The minimum atomic E-state index is -0.0428. The maximum atomic E-state index is 12.9. The van der Waals surface area contributed by atoms with Crippen molar-refractivity contribution >= 4 is 28.3 Å². The molecule has 0 bridgehead atoms. The number of nitrogens with zero attached hydrogens (tertiary/aromatic N) is 3. The van der Waals surface area contributed by atoms with Crippen LogP contribution in [-0.4, -0.2) is 38.2 Å². The van der Waals surface area contributed by atoms with Gasteiger partial charge < -0.3 is 16.0 Å². The van der Waals surface area contributed by atoms with Crippen molar-refractivity contribution in [2.45, 2.75) is 6.42 Å². The largest absolute Gasteiger partial charge is 0.382 e. The van der Waals surface area contributed by atoms with E-state index in [9.17, 15) is 4.79 Å². The van der Waals surface area contributed by atoms with Crippen molar-refractivity contribution in [3.8, 4) is 11.1 Å². The van der Waals surface area contributed by atoms with Crippen LogP contribution in [0.1, 0.15) is 16.9 Å². The lowest BCUT2D eigenvalue weighted by atomic mass is 10.0. The van der Waals surface area contributed by atoms with Gasteiger partial charge in [-0.3, -0.25) is 9.20 Å². The molecule has 4 N–H and O–H groups in total. The summed E-state index contributed by atoms with van der Waals surface area (Å²) in [4.78, 5) is 24.8. The Morgan fingerprint density at radius 2 is 2.19 bits per heavy atom. The number of aromatic nitrogens is 4.